The van der Waals surface area contributed by atoms with E-state index in [1.54, 1.807) is 11.1 Å². The van der Waals surface area contributed by atoms with Crippen LogP contribution < -0.4 is 4.90 Å². The molecule has 4 nitrogen and oxygen atoms in total. The van der Waals surface area contributed by atoms with E-state index in [2.05, 4.69) is 9.88 Å². The second-order valence-corrected chi connectivity index (χ2v) is 6.71. The molecule has 0 saturated carbocycles. The molecule has 0 radical (unpaired) electrons. The highest BCUT2D eigenvalue weighted by molar-refractivity contribution is 5.95. The molecular formula is C21H18F3N3O. The smallest absolute Gasteiger partial charge is 0.366 e. The summed E-state index contributed by atoms with van der Waals surface area (Å²) in [4.78, 5) is 21.0. The van der Waals surface area contributed by atoms with E-state index in [1.807, 2.05) is 30.3 Å². The monoisotopic (exact) mass is 385 g/mol. The van der Waals surface area contributed by atoms with Gasteiger partial charge in [-0.25, -0.2) is 0 Å². The zero-order valence-electron chi connectivity index (χ0n) is 15.0. The highest BCUT2D eigenvalue weighted by atomic mass is 19.4. The maximum absolute atomic E-state index is 12.7. The maximum atomic E-state index is 12.7. The molecule has 1 aromatic heterocycles. The average Bonchev–Trinajstić information content (AvgIpc) is 2.72. The quantitative estimate of drug-likeness (QED) is 0.663. The van der Waals surface area contributed by atoms with Crippen LogP contribution in [0.25, 0.3) is 10.9 Å². The fourth-order valence-corrected chi connectivity index (χ4v) is 3.48. The zero-order valence-corrected chi connectivity index (χ0v) is 15.0. The summed E-state index contributed by atoms with van der Waals surface area (Å²) >= 11 is 0. The van der Waals surface area contributed by atoms with Crippen LogP contribution in [0.3, 0.4) is 0 Å². The lowest BCUT2D eigenvalue weighted by atomic mass is 10.1. The number of alkyl halides is 3. The third-order valence-electron chi connectivity index (χ3n) is 4.98. The molecule has 1 aliphatic heterocycles. The lowest BCUT2D eigenvalue weighted by molar-refractivity contribution is -0.137. The first kappa shape index (κ1) is 18.3. The van der Waals surface area contributed by atoms with Crippen LogP contribution in [0.15, 0.2) is 60.8 Å². The van der Waals surface area contributed by atoms with Crippen molar-refractivity contribution in [1.29, 1.82) is 0 Å². The van der Waals surface area contributed by atoms with E-state index in [9.17, 15) is 18.0 Å². The van der Waals surface area contributed by atoms with Crippen LogP contribution in [0.4, 0.5) is 18.9 Å². The van der Waals surface area contributed by atoms with Crippen LogP contribution in [-0.4, -0.2) is 42.0 Å². The van der Waals surface area contributed by atoms with Crippen LogP contribution in [-0.2, 0) is 6.18 Å². The summed E-state index contributed by atoms with van der Waals surface area (Å²) in [7, 11) is 0. The second kappa shape index (κ2) is 7.14. The molecule has 3 aromatic rings. The molecule has 0 unspecified atom stereocenters. The molecule has 0 bridgehead atoms. The van der Waals surface area contributed by atoms with Crippen molar-refractivity contribution in [3.05, 3.63) is 71.9 Å². The van der Waals surface area contributed by atoms with Crippen molar-refractivity contribution < 1.29 is 18.0 Å². The molecule has 2 heterocycles. The van der Waals surface area contributed by atoms with Crippen LogP contribution in [0, 0.1) is 0 Å². The highest BCUT2D eigenvalue weighted by Gasteiger charge is 2.30. The molecule has 0 atom stereocenters. The largest absolute Gasteiger partial charge is 0.416 e. The molecule has 0 spiro atoms. The summed E-state index contributed by atoms with van der Waals surface area (Å²) in [5, 5.41) is 1.06. The van der Waals surface area contributed by atoms with Crippen LogP contribution in [0.1, 0.15) is 15.9 Å². The van der Waals surface area contributed by atoms with E-state index in [1.165, 1.54) is 12.1 Å². The summed E-state index contributed by atoms with van der Waals surface area (Å²) in [6, 6.07) is 14.3. The molecule has 0 N–H and O–H groups in total. The summed E-state index contributed by atoms with van der Waals surface area (Å²) < 4.78 is 38.1. The number of nitrogens with zero attached hydrogens (tertiary/aromatic N) is 3. The molecule has 1 saturated heterocycles. The van der Waals surface area contributed by atoms with E-state index in [0.29, 0.717) is 26.2 Å². The standard InChI is InChI=1S/C21H18F3N3O/c22-21(23,24)17-8-6-16(7-9-17)20(28)27-13-11-26(12-14-27)18-5-1-3-15-4-2-10-25-19(15)18/h1-10H,11-14H2. The first-order valence-corrected chi connectivity index (χ1v) is 8.99. The topological polar surface area (TPSA) is 36.4 Å². The van der Waals surface area contributed by atoms with Crippen molar-refractivity contribution in [3.63, 3.8) is 0 Å². The van der Waals surface area contributed by atoms with Gasteiger partial charge in [-0.1, -0.05) is 18.2 Å². The molecule has 7 heteroatoms. The number of amides is 1. The van der Waals surface area contributed by atoms with Gasteiger partial charge in [0.25, 0.3) is 5.91 Å². The number of hydrogen-bond donors (Lipinski definition) is 0. The minimum atomic E-state index is -4.40. The normalized spacial score (nSPS) is 15.1. The molecule has 1 fully saturated rings. The van der Waals surface area contributed by atoms with Gasteiger partial charge in [-0.2, -0.15) is 13.2 Å². The van der Waals surface area contributed by atoms with E-state index in [-0.39, 0.29) is 11.5 Å². The Hall–Kier alpha value is -3.09. The van der Waals surface area contributed by atoms with Crippen LogP contribution in [0.2, 0.25) is 0 Å². The van der Waals surface area contributed by atoms with Gasteiger partial charge in [-0.3, -0.25) is 9.78 Å². The first-order valence-electron chi connectivity index (χ1n) is 8.99. The Morgan fingerprint density at radius 2 is 1.57 bits per heavy atom. The van der Waals surface area contributed by atoms with Crippen molar-refractivity contribution in [2.24, 2.45) is 0 Å². The number of piperazine rings is 1. The zero-order chi connectivity index (χ0) is 19.7. The van der Waals surface area contributed by atoms with Crippen molar-refractivity contribution in [3.8, 4) is 0 Å². The Bertz CT molecular complexity index is 988. The highest BCUT2D eigenvalue weighted by Crippen LogP contribution is 2.29. The van der Waals surface area contributed by atoms with Gasteiger partial charge in [0.2, 0.25) is 0 Å². The number of carbonyl (C=O) groups is 1. The van der Waals surface area contributed by atoms with Crippen molar-refractivity contribution in [2.75, 3.05) is 31.1 Å². The van der Waals surface area contributed by atoms with E-state index < -0.39 is 11.7 Å². The number of pyridine rings is 1. The lowest BCUT2D eigenvalue weighted by Crippen LogP contribution is -2.48. The summed E-state index contributed by atoms with van der Waals surface area (Å²) in [6.07, 6.45) is -2.64. The fraction of sp³-hybridized carbons (Fsp3) is 0.238. The molecule has 4 rings (SSSR count). The molecule has 144 valence electrons. The SMILES string of the molecule is O=C(c1ccc(C(F)(F)F)cc1)N1CCN(c2cccc3cccnc23)CC1. The number of rotatable bonds is 2. The molecule has 0 aliphatic carbocycles. The Balaban J connectivity index is 1.46. The van der Waals surface area contributed by atoms with Gasteiger partial charge in [0.1, 0.15) is 0 Å². The molecule has 1 aliphatic rings. The van der Waals surface area contributed by atoms with Gasteiger partial charge in [-0.05, 0) is 36.4 Å². The average molecular weight is 385 g/mol. The van der Waals surface area contributed by atoms with Crippen LogP contribution in [0.5, 0.6) is 0 Å². The molecule has 28 heavy (non-hydrogen) atoms. The van der Waals surface area contributed by atoms with E-state index >= 15 is 0 Å². The third kappa shape index (κ3) is 3.52. The minimum Gasteiger partial charge on any atom is -0.366 e. The number of para-hydroxylation sites is 1. The number of carbonyl (C=O) groups excluding carboxylic acids is 1. The second-order valence-electron chi connectivity index (χ2n) is 6.71. The van der Waals surface area contributed by atoms with Crippen molar-refractivity contribution in [2.45, 2.75) is 6.18 Å². The molecule has 2 aromatic carbocycles. The number of benzene rings is 2. The van der Waals surface area contributed by atoms with Gasteiger partial charge in [-0.15, -0.1) is 0 Å². The summed E-state index contributed by atoms with van der Waals surface area (Å²) in [6.45, 7) is 2.29. The van der Waals surface area contributed by atoms with Gasteiger partial charge < -0.3 is 9.80 Å². The van der Waals surface area contributed by atoms with Gasteiger partial charge in [0.05, 0.1) is 16.8 Å². The third-order valence-corrected chi connectivity index (χ3v) is 4.98. The summed E-state index contributed by atoms with van der Waals surface area (Å²) in [5.41, 5.74) is 1.47. The molecule has 1 amide bonds. The number of hydrogen-bond acceptors (Lipinski definition) is 3. The predicted octanol–water partition coefficient (Wildman–Crippen LogP) is 4.22. The number of halogens is 3. The molecular weight excluding hydrogens is 367 g/mol. The lowest BCUT2D eigenvalue weighted by Gasteiger charge is -2.36. The van der Waals surface area contributed by atoms with Crippen molar-refractivity contribution in [1.82, 2.24) is 9.88 Å². The van der Waals surface area contributed by atoms with E-state index in [0.717, 1.165) is 28.7 Å². The maximum Gasteiger partial charge on any atom is 0.416 e. The van der Waals surface area contributed by atoms with Gasteiger partial charge in [0.15, 0.2) is 0 Å². The van der Waals surface area contributed by atoms with Crippen molar-refractivity contribution >= 4 is 22.5 Å². The van der Waals surface area contributed by atoms with Crippen LogP contribution >= 0.6 is 0 Å². The summed E-state index contributed by atoms with van der Waals surface area (Å²) in [5.74, 6) is -0.246. The Morgan fingerprint density at radius 3 is 2.25 bits per heavy atom. The van der Waals surface area contributed by atoms with Gasteiger partial charge in [0, 0.05) is 43.3 Å². The number of anilines is 1. The van der Waals surface area contributed by atoms with E-state index in [4.69, 9.17) is 0 Å². The fourth-order valence-electron chi connectivity index (χ4n) is 3.48. The van der Waals surface area contributed by atoms with Gasteiger partial charge >= 0.3 is 6.18 Å². The Morgan fingerprint density at radius 1 is 0.893 bits per heavy atom. The number of aromatic nitrogens is 1. The first-order chi connectivity index (χ1) is 13.4. The Labute approximate surface area is 160 Å². The predicted molar refractivity (Wildman–Crippen MR) is 101 cm³/mol. The Kier molecular flexibility index (Phi) is 4.66. The number of fused-ring (bicyclic) bond motifs is 1. The minimum absolute atomic E-state index is 0.246.